The molecule has 1 N–H and O–H groups in total. The average molecular weight is 378 g/mol. The van der Waals surface area contributed by atoms with E-state index in [4.69, 9.17) is 0 Å². The summed E-state index contributed by atoms with van der Waals surface area (Å²) in [5.74, 6) is -0.179. The molecular weight excluding hydrogens is 360 g/mol. The Morgan fingerprint density at radius 1 is 1.14 bits per heavy atom. The van der Waals surface area contributed by atoms with Gasteiger partial charge in [-0.2, -0.15) is 0 Å². The molecule has 2 heterocycles. The molecule has 0 saturated heterocycles. The first-order valence-electron chi connectivity index (χ1n) is 8.80. The SMILES string of the molecule is CN1C(=O)N[C@H](c2cccc([N+](=O)[O-])c2)C2=C1CN(Cc1ccccc1)C2=O. The highest BCUT2D eigenvalue weighted by molar-refractivity contribution is 6.01. The van der Waals surface area contributed by atoms with Crippen LogP contribution in [0.5, 0.6) is 0 Å². The Kier molecular flexibility index (Phi) is 4.31. The quantitative estimate of drug-likeness (QED) is 0.653. The molecule has 142 valence electrons. The van der Waals surface area contributed by atoms with Gasteiger partial charge in [-0.15, -0.1) is 0 Å². The minimum Gasteiger partial charge on any atom is -0.329 e. The molecule has 0 bridgehead atoms. The predicted octanol–water partition coefficient (Wildman–Crippen LogP) is 2.59. The summed E-state index contributed by atoms with van der Waals surface area (Å²) in [5.41, 5.74) is 2.50. The maximum Gasteiger partial charge on any atom is 0.322 e. The molecule has 2 aromatic rings. The zero-order chi connectivity index (χ0) is 19.8. The number of nitro groups is 1. The second-order valence-electron chi connectivity index (χ2n) is 6.80. The van der Waals surface area contributed by atoms with Gasteiger partial charge >= 0.3 is 6.03 Å². The number of nitrogens with one attached hydrogen (secondary N) is 1. The van der Waals surface area contributed by atoms with E-state index < -0.39 is 11.0 Å². The number of non-ortho nitro benzene ring substituents is 1. The Morgan fingerprint density at radius 3 is 2.61 bits per heavy atom. The first kappa shape index (κ1) is 17.7. The standard InChI is InChI=1S/C20H18N4O4/c1-22-16-12-23(11-13-6-3-2-4-7-13)19(25)17(16)18(21-20(22)26)14-8-5-9-15(10-14)24(27)28/h2-10,18H,11-12H2,1H3,(H,21,26)/t18-/m1/s1. The number of nitrogens with zero attached hydrogens (tertiary/aromatic N) is 3. The molecule has 8 nitrogen and oxygen atoms in total. The van der Waals surface area contributed by atoms with Gasteiger partial charge in [0.05, 0.1) is 28.8 Å². The van der Waals surface area contributed by atoms with Crippen molar-refractivity contribution in [2.24, 2.45) is 0 Å². The summed E-state index contributed by atoms with van der Waals surface area (Å²) >= 11 is 0. The van der Waals surface area contributed by atoms with Crippen LogP contribution in [0.4, 0.5) is 10.5 Å². The van der Waals surface area contributed by atoms with E-state index in [9.17, 15) is 19.7 Å². The first-order chi connectivity index (χ1) is 13.5. The molecule has 0 radical (unpaired) electrons. The van der Waals surface area contributed by atoms with E-state index in [0.717, 1.165) is 5.56 Å². The fourth-order valence-electron chi connectivity index (χ4n) is 3.62. The maximum atomic E-state index is 13.2. The number of amides is 3. The summed E-state index contributed by atoms with van der Waals surface area (Å²) in [5, 5.41) is 13.9. The second-order valence-corrected chi connectivity index (χ2v) is 6.80. The van der Waals surface area contributed by atoms with Gasteiger partial charge in [-0.25, -0.2) is 4.79 Å². The number of hydrogen-bond donors (Lipinski definition) is 1. The number of carbonyl (C=O) groups excluding carboxylic acids is 2. The van der Waals surface area contributed by atoms with Gasteiger partial charge < -0.3 is 10.2 Å². The van der Waals surface area contributed by atoms with Gasteiger partial charge in [-0.1, -0.05) is 42.5 Å². The smallest absolute Gasteiger partial charge is 0.322 e. The molecule has 1 atom stereocenters. The van der Waals surface area contributed by atoms with Crippen molar-refractivity contribution in [3.8, 4) is 0 Å². The van der Waals surface area contributed by atoms with Gasteiger partial charge in [0, 0.05) is 25.7 Å². The van der Waals surface area contributed by atoms with Gasteiger partial charge in [-0.3, -0.25) is 19.8 Å². The fraction of sp³-hybridized carbons (Fsp3) is 0.200. The number of urea groups is 1. The Morgan fingerprint density at radius 2 is 1.89 bits per heavy atom. The van der Waals surface area contributed by atoms with Crippen molar-refractivity contribution in [3.63, 3.8) is 0 Å². The highest BCUT2D eigenvalue weighted by Crippen LogP contribution is 2.36. The molecule has 0 fully saturated rings. The molecule has 0 aliphatic carbocycles. The third-order valence-corrected chi connectivity index (χ3v) is 5.07. The molecule has 0 unspecified atom stereocenters. The minimum absolute atomic E-state index is 0.0839. The van der Waals surface area contributed by atoms with E-state index in [0.29, 0.717) is 29.9 Å². The van der Waals surface area contributed by atoms with Crippen LogP contribution in [0.3, 0.4) is 0 Å². The zero-order valence-corrected chi connectivity index (χ0v) is 15.2. The lowest BCUT2D eigenvalue weighted by molar-refractivity contribution is -0.384. The number of carbonyl (C=O) groups is 2. The molecule has 4 rings (SSSR count). The Bertz CT molecular complexity index is 1000. The zero-order valence-electron chi connectivity index (χ0n) is 15.2. The monoisotopic (exact) mass is 378 g/mol. The van der Waals surface area contributed by atoms with Crippen LogP contribution in [-0.4, -0.2) is 40.3 Å². The highest BCUT2D eigenvalue weighted by Gasteiger charge is 2.43. The number of benzene rings is 2. The molecule has 0 saturated carbocycles. The van der Waals surface area contributed by atoms with Crippen molar-refractivity contribution in [2.75, 3.05) is 13.6 Å². The van der Waals surface area contributed by atoms with Crippen LogP contribution in [0, 0.1) is 10.1 Å². The largest absolute Gasteiger partial charge is 0.329 e. The van der Waals surface area contributed by atoms with Crippen molar-refractivity contribution in [2.45, 2.75) is 12.6 Å². The molecule has 0 aromatic heterocycles. The van der Waals surface area contributed by atoms with Gasteiger partial charge in [0.1, 0.15) is 0 Å². The molecule has 3 amide bonds. The van der Waals surface area contributed by atoms with Crippen LogP contribution in [0.2, 0.25) is 0 Å². The Hall–Kier alpha value is -3.68. The topological polar surface area (TPSA) is 95.8 Å². The predicted molar refractivity (Wildman–Crippen MR) is 101 cm³/mol. The lowest BCUT2D eigenvalue weighted by atomic mass is 9.95. The summed E-state index contributed by atoms with van der Waals surface area (Å²) in [6.07, 6.45) is 0. The van der Waals surface area contributed by atoms with E-state index in [2.05, 4.69) is 5.32 Å². The van der Waals surface area contributed by atoms with E-state index in [-0.39, 0.29) is 17.6 Å². The third kappa shape index (κ3) is 2.98. The lowest BCUT2D eigenvalue weighted by Crippen LogP contribution is -2.45. The summed E-state index contributed by atoms with van der Waals surface area (Å²) in [4.78, 5) is 39.3. The summed E-state index contributed by atoms with van der Waals surface area (Å²) in [6, 6.07) is 14.6. The number of rotatable bonds is 4. The highest BCUT2D eigenvalue weighted by atomic mass is 16.6. The molecular formula is C20H18N4O4. The van der Waals surface area contributed by atoms with Crippen LogP contribution in [0.25, 0.3) is 0 Å². The number of likely N-dealkylation sites (N-methyl/N-ethyl adjacent to an activating group) is 1. The van der Waals surface area contributed by atoms with Crippen LogP contribution in [-0.2, 0) is 11.3 Å². The second kappa shape index (κ2) is 6.80. The van der Waals surface area contributed by atoms with Gasteiger partial charge in [0.2, 0.25) is 0 Å². The molecule has 8 heteroatoms. The van der Waals surface area contributed by atoms with Crippen molar-refractivity contribution in [1.29, 1.82) is 0 Å². The van der Waals surface area contributed by atoms with Gasteiger partial charge in [0.25, 0.3) is 11.6 Å². The molecule has 0 spiro atoms. The molecule has 2 aliphatic rings. The van der Waals surface area contributed by atoms with Crippen molar-refractivity contribution < 1.29 is 14.5 Å². The van der Waals surface area contributed by atoms with Crippen LogP contribution in [0.1, 0.15) is 17.2 Å². The van der Waals surface area contributed by atoms with E-state index >= 15 is 0 Å². The summed E-state index contributed by atoms with van der Waals surface area (Å²) < 4.78 is 0. The lowest BCUT2D eigenvalue weighted by Gasteiger charge is -2.31. The van der Waals surface area contributed by atoms with Crippen molar-refractivity contribution >= 4 is 17.6 Å². The van der Waals surface area contributed by atoms with Gasteiger partial charge in [0.15, 0.2) is 0 Å². The Labute approximate surface area is 161 Å². The van der Waals surface area contributed by atoms with E-state index in [1.165, 1.54) is 17.0 Å². The minimum atomic E-state index is -0.716. The summed E-state index contributed by atoms with van der Waals surface area (Å²) in [7, 11) is 1.62. The normalized spacial score (nSPS) is 19.0. The van der Waals surface area contributed by atoms with Gasteiger partial charge in [-0.05, 0) is 11.1 Å². The molecule has 2 aliphatic heterocycles. The third-order valence-electron chi connectivity index (χ3n) is 5.07. The van der Waals surface area contributed by atoms with Crippen LogP contribution in [0.15, 0.2) is 65.9 Å². The number of hydrogen-bond acceptors (Lipinski definition) is 4. The van der Waals surface area contributed by atoms with Crippen molar-refractivity contribution in [3.05, 3.63) is 87.1 Å². The van der Waals surface area contributed by atoms with Crippen molar-refractivity contribution in [1.82, 2.24) is 15.1 Å². The molecule has 2 aromatic carbocycles. The maximum absolute atomic E-state index is 13.2. The molecule has 28 heavy (non-hydrogen) atoms. The van der Waals surface area contributed by atoms with Crippen LogP contribution >= 0.6 is 0 Å². The van der Waals surface area contributed by atoms with E-state index in [1.54, 1.807) is 24.1 Å². The number of nitro benzene ring substituents is 1. The summed E-state index contributed by atoms with van der Waals surface area (Å²) in [6.45, 7) is 0.745. The van der Waals surface area contributed by atoms with Crippen LogP contribution < -0.4 is 5.32 Å². The average Bonchev–Trinajstić information content (AvgIpc) is 3.02. The fourth-order valence-corrected chi connectivity index (χ4v) is 3.62. The Balaban J connectivity index is 1.69. The first-order valence-corrected chi connectivity index (χ1v) is 8.80. The van der Waals surface area contributed by atoms with E-state index in [1.807, 2.05) is 30.3 Å².